The zero-order valence-corrected chi connectivity index (χ0v) is 14.8. The Hall–Kier alpha value is -1.62. The lowest BCUT2D eigenvalue weighted by Crippen LogP contribution is -2.01. The zero-order chi connectivity index (χ0) is 16.4. The van der Waals surface area contributed by atoms with Crippen LogP contribution in [0.25, 0.3) is 22.2 Å². The summed E-state index contributed by atoms with van der Waals surface area (Å²) in [7, 11) is 1.63. The van der Waals surface area contributed by atoms with Crippen molar-refractivity contribution in [3.05, 3.63) is 59.1 Å². The van der Waals surface area contributed by atoms with Crippen molar-refractivity contribution in [1.82, 2.24) is 4.98 Å². The Morgan fingerprint density at radius 2 is 1.91 bits per heavy atom. The van der Waals surface area contributed by atoms with Gasteiger partial charge in [-0.2, -0.15) is 0 Å². The van der Waals surface area contributed by atoms with Crippen LogP contribution >= 0.6 is 27.5 Å². The molecule has 3 aromatic rings. The summed E-state index contributed by atoms with van der Waals surface area (Å²) < 4.78 is 5.19. The number of aliphatic hydroxyl groups excluding tert-OH is 1. The molecule has 0 saturated heterocycles. The number of nitrogens with zero attached hydrogens (tertiary/aromatic N) is 1. The molecule has 0 aliphatic heterocycles. The van der Waals surface area contributed by atoms with E-state index in [9.17, 15) is 5.11 Å². The lowest BCUT2D eigenvalue weighted by molar-refractivity contribution is 0.207. The second kappa shape index (κ2) is 6.87. The Kier molecular flexibility index (Phi) is 4.85. The van der Waals surface area contributed by atoms with Crippen molar-refractivity contribution in [1.29, 1.82) is 0 Å². The number of benzene rings is 2. The van der Waals surface area contributed by atoms with Gasteiger partial charge in [0, 0.05) is 21.3 Å². The van der Waals surface area contributed by atoms with Crippen LogP contribution in [0, 0.1) is 0 Å². The van der Waals surface area contributed by atoms with E-state index < -0.39 is 6.10 Å². The number of aromatic nitrogens is 1. The minimum absolute atomic E-state index is 0.455. The molecule has 118 valence electrons. The van der Waals surface area contributed by atoms with Gasteiger partial charge >= 0.3 is 0 Å². The first kappa shape index (κ1) is 16.2. The second-order valence-electron chi connectivity index (χ2n) is 5.16. The maximum atomic E-state index is 10.3. The molecular weight excluding hydrogens is 378 g/mol. The molecule has 0 saturated carbocycles. The van der Waals surface area contributed by atoms with E-state index in [0.29, 0.717) is 10.4 Å². The van der Waals surface area contributed by atoms with Crippen LogP contribution in [-0.4, -0.2) is 22.5 Å². The molecule has 3 nitrogen and oxygen atoms in total. The molecule has 0 spiro atoms. The van der Waals surface area contributed by atoms with Crippen molar-refractivity contribution in [2.24, 2.45) is 0 Å². The van der Waals surface area contributed by atoms with Gasteiger partial charge in [-0.05, 0) is 48.0 Å². The maximum Gasteiger partial charge on any atom is 0.118 e. The molecule has 0 aliphatic rings. The number of halogens is 2. The molecular formula is C18H15BrClNO2. The van der Waals surface area contributed by atoms with E-state index in [-0.39, 0.29) is 0 Å². The molecule has 1 N–H and O–H groups in total. The van der Waals surface area contributed by atoms with Gasteiger partial charge in [-0.3, -0.25) is 0 Å². The molecule has 1 unspecified atom stereocenters. The van der Waals surface area contributed by atoms with E-state index in [4.69, 9.17) is 16.3 Å². The average molecular weight is 393 g/mol. The van der Waals surface area contributed by atoms with Crippen molar-refractivity contribution in [2.45, 2.75) is 6.10 Å². The van der Waals surface area contributed by atoms with Gasteiger partial charge in [0.15, 0.2) is 0 Å². The van der Waals surface area contributed by atoms with Crippen molar-refractivity contribution in [3.63, 3.8) is 0 Å². The summed E-state index contributed by atoms with van der Waals surface area (Å²) in [6.45, 7) is 0. The first-order valence-corrected chi connectivity index (χ1v) is 8.61. The lowest BCUT2D eigenvalue weighted by Gasteiger charge is -2.14. The quantitative estimate of drug-likeness (QED) is 0.636. The van der Waals surface area contributed by atoms with E-state index in [1.165, 1.54) is 0 Å². The number of hydrogen-bond donors (Lipinski definition) is 1. The third kappa shape index (κ3) is 3.34. The molecule has 1 heterocycles. The Labute approximate surface area is 148 Å². The zero-order valence-electron chi connectivity index (χ0n) is 12.5. The molecule has 3 rings (SSSR count). The number of alkyl halides is 1. The van der Waals surface area contributed by atoms with Gasteiger partial charge in [-0.25, -0.2) is 4.98 Å². The Morgan fingerprint density at radius 1 is 1.17 bits per heavy atom. The minimum atomic E-state index is -0.612. The van der Waals surface area contributed by atoms with Crippen molar-refractivity contribution in [2.75, 3.05) is 12.4 Å². The summed E-state index contributed by atoms with van der Waals surface area (Å²) in [6, 6.07) is 15.1. The van der Waals surface area contributed by atoms with Crippen LogP contribution in [-0.2, 0) is 0 Å². The second-order valence-corrected chi connectivity index (χ2v) is 6.24. The van der Waals surface area contributed by atoms with Crippen LogP contribution in [0.1, 0.15) is 11.7 Å². The smallest absolute Gasteiger partial charge is 0.118 e. The molecule has 0 fully saturated rings. The standard InChI is InChI=1S/C18H15BrClNO2/c1-23-13-5-2-11(3-6-13)16-9-15(18(22)10-19)14-7-4-12(20)8-17(14)21-16/h2-9,18,22H,10H2,1H3. The summed E-state index contributed by atoms with van der Waals surface area (Å²) in [5.41, 5.74) is 3.34. The van der Waals surface area contributed by atoms with E-state index in [1.807, 2.05) is 48.5 Å². The van der Waals surface area contributed by atoms with Crippen LogP contribution in [0.3, 0.4) is 0 Å². The number of methoxy groups -OCH3 is 1. The van der Waals surface area contributed by atoms with Crippen molar-refractivity contribution >= 4 is 38.4 Å². The summed E-state index contributed by atoms with van der Waals surface area (Å²) in [4.78, 5) is 4.69. The van der Waals surface area contributed by atoms with Crippen LogP contribution in [0.2, 0.25) is 5.02 Å². The molecule has 2 aromatic carbocycles. The molecule has 0 amide bonds. The fraction of sp³-hybridized carbons (Fsp3) is 0.167. The molecule has 1 atom stereocenters. The van der Waals surface area contributed by atoms with E-state index in [2.05, 4.69) is 20.9 Å². The van der Waals surface area contributed by atoms with Crippen molar-refractivity contribution in [3.8, 4) is 17.0 Å². The Balaban J connectivity index is 2.20. The summed E-state index contributed by atoms with van der Waals surface area (Å²) >= 11 is 9.43. The summed E-state index contributed by atoms with van der Waals surface area (Å²) in [5, 5.41) is 12.3. The third-order valence-electron chi connectivity index (χ3n) is 3.69. The largest absolute Gasteiger partial charge is 0.497 e. The van der Waals surface area contributed by atoms with Gasteiger partial charge in [-0.1, -0.05) is 33.6 Å². The molecule has 0 bridgehead atoms. The number of pyridine rings is 1. The fourth-order valence-electron chi connectivity index (χ4n) is 2.50. The molecule has 5 heteroatoms. The van der Waals surface area contributed by atoms with Gasteiger partial charge in [0.25, 0.3) is 0 Å². The van der Waals surface area contributed by atoms with Crippen LogP contribution < -0.4 is 4.74 Å². The van der Waals surface area contributed by atoms with Gasteiger partial charge in [-0.15, -0.1) is 0 Å². The number of ether oxygens (including phenoxy) is 1. The maximum absolute atomic E-state index is 10.3. The highest BCUT2D eigenvalue weighted by Gasteiger charge is 2.14. The predicted octanol–water partition coefficient (Wildman–Crippen LogP) is 4.99. The number of rotatable bonds is 4. The van der Waals surface area contributed by atoms with Crippen LogP contribution in [0.4, 0.5) is 0 Å². The van der Waals surface area contributed by atoms with E-state index in [0.717, 1.165) is 33.5 Å². The highest BCUT2D eigenvalue weighted by molar-refractivity contribution is 9.09. The molecule has 23 heavy (non-hydrogen) atoms. The summed E-state index contributed by atoms with van der Waals surface area (Å²) in [5.74, 6) is 0.790. The van der Waals surface area contributed by atoms with Gasteiger partial charge < -0.3 is 9.84 Å². The molecule has 0 aliphatic carbocycles. The molecule has 0 radical (unpaired) electrons. The highest BCUT2D eigenvalue weighted by atomic mass is 79.9. The first-order chi connectivity index (χ1) is 11.1. The van der Waals surface area contributed by atoms with E-state index >= 15 is 0 Å². The van der Waals surface area contributed by atoms with E-state index in [1.54, 1.807) is 7.11 Å². The number of aliphatic hydroxyl groups is 1. The number of hydrogen-bond acceptors (Lipinski definition) is 3. The Morgan fingerprint density at radius 3 is 2.57 bits per heavy atom. The first-order valence-electron chi connectivity index (χ1n) is 7.11. The predicted molar refractivity (Wildman–Crippen MR) is 97.5 cm³/mol. The summed E-state index contributed by atoms with van der Waals surface area (Å²) in [6.07, 6.45) is -0.612. The topological polar surface area (TPSA) is 42.4 Å². The minimum Gasteiger partial charge on any atom is -0.497 e. The van der Waals surface area contributed by atoms with Crippen LogP contribution in [0.15, 0.2) is 48.5 Å². The van der Waals surface area contributed by atoms with Crippen LogP contribution in [0.5, 0.6) is 5.75 Å². The van der Waals surface area contributed by atoms with Gasteiger partial charge in [0.1, 0.15) is 5.75 Å². The fourth-order valence-corrected chi connectivity index (χ4v) is 3.01. The van der Waals surface area contributed by atoms with Gasteiger partial charge in [0.05, 0.1) is 24.4 Å². The molecule has 1 aromatic heterocycles. The lowest BCUT2D eigenvalue weighted by atomic mass is 10.0. The average Bonchev–Trinajstić information content (AvgIpc) is 2.59. The van der Waals surface area contributed by atoms with Crippen molar-refractivity contribution < 1.29 is 9.84 Å². The normalized spacial score (nSPS) is 12.3. The Bertz CT molecular complexity index is 836. The number of fused-ring (bicyclic) bond motifs is 1. The third-order valence-corrected chi connectivity index (χ3v) is 4.54. The SMILES string of the molecule is COc1ccc(-c2cc(C(O)CBr)c3ccc(Cl)cc3n2)cc1. The monoisotopic (exact) mass is 391 g/mol. The van der Waals surface area contributed by atoms with Gasteiger partial charge in [0.2, 0.25) is 0 Å². The highest BCUT2D eigenvalue weighted by Crippen LogP contribution is 2.31.